The predicted molar refractivity (Wildman–Crippen MR) is 80.1 cm³/mol. The summed E-state index contributed by atoms with van der Waals surface area (Å²) in [4.78, 5) is 14.0. The highest BCUT2D eigenvalue weighted by Gasteiger charge is 2.16. The van der Waals surface area contributed by atoms with Crippen LogP contribution in [0.25, 0.3) is 0 Å². The molecule has 1 heterocycles. The second-order valence-corrected chi connectivity index (χ2v) is 5.22. The minimum absolute atomic E-state index is 0.0528. The van der Waals surface area contributed by atoms with E-state index < -0.39 is 0 Å². The van der Waals surface area contributed by atoms with E-state index in [2.05, 4.69) is 15.5 Å². The summed E-state index contributed by atoms with van der Waals surface area (Å²) in [6.07, 6.45) is 3.69. The van der Waals surface area contributed by atoms with Crippen LogP contribution in [0.2, 0.25) is 5.02 Å². The van der Waals surface area contributed by atoms with Crippen LogP contribution in [0.5, 0.6) is 0 Å². The maximum Gasteiger partial charge on any atom is 0.238 e. The zero-order chi connectivity index (χ0) is 13.7. The van der Waals surface area contributed by atoms with E-state index in [4.69, 9.17) is 11.6 Å². The first-order valence-corrected chi connectivity index (χ1v) is 7.07. The molecule has 0 radical (unpaired) electrons. The SMILES string of the molecule is CNCC(=O)Nc1cc(Cl)ccc1N1CCCCC1. The standard InChI is InChI=1S/C14H20ClN3O/c1-16-10-14(19)17-12-9-11(15)5-6-13(12)18-7-3-2-4-8-18/h5-6,9,16H,2-4,7-8,10H2,1H3,(H,17,19). The fourth-order valence-corrected chi connectivity index (χ4v) is 2.55. The zero-order valence-corrected chi connectivity index (χ0v) is 12.0. The number of anilines is 2. The van der Waals surface area contributed by atoms with Gasteiger partial charge < -0.3 is 15.5 Å². The highest BCUT2D eigenvalue weighted by molar-refractivity contribution is 6.31. The van der Waals surface area contributed by atoms with Gasteiger partial charge in [0.2, 0.25) is 5.91 Å². The van der Waals surface area contributed by atoms with Crippen LogP contribution in [-0.2, 0) is 4.79 Å². The molecule has 19 heavy (non-hydrogen) atoms. The van der Waals surface area contributed by atoms with Crippen molar-refractivity contribution in [2.24, 2.45) is 0 Å². The van der Waals surface area contributed by atoms with E-state index in [0.29, 0.717) is 11.6 Å². The summed E-state index contributed by atoms with van der Waals surface area (Å²) < 4.78 is 0. The Hall–Kier alpha value is -1.26. The molecule has 1 amide bonds. The smallest absolute Gasteiger partial charge is 0.238 e. The van der Waals surface area contributed by atoms with Gasteiger partial charge in [-0.05, 0) is 44.5 Å². The number of rotatable bonds is 4. The molecule has 4 nitrogen and oxygen atoms in total. The number of halogens is 1. The molecule has 0 bridgehead atoms. The van der Waals surface area contributed by atoms with Crippen LogP contribution in [0.15, 0.2) is 18.2 Å². The fraction of sp³-hybridized carbons (Fsp3) is 0.500. The van der Waals surface area contributed by atoms with E-state index in [1.54, 1.807) is 7.05 Å². The van der Waals surface area contributed by atoms with Gasteiger partial charge >= 0.3 is 0 Å². The number of carbonyl (C=O) groups is 1. The number of nitrogens with one attached hydrogen (secondary N) is 2. The summed E-state index contributed by atoms with van der Waals surface area (Å²) in [7, 11) is 1.75. The minimum atomic E-state index is -0.0528. The summed E-state index contributed by atoms with van der Waals surface area (Å²) in [5.41, 5.74) is 1.86. The van der Waals surface area contributed by atoms with Crippen molar-refractivity contribution in [2.45, 2.75) is 19.3 Å². The van der Waals surface area contributed by atoms with Crippen molar-refractivity contribution in [1.29, 1.82) is 0 Å². The van der Waals surface area contributed by atoms with Crippen LogP contribution in [0.1, 0.15) is 19.3 Å². The molecule has 1 aliphatic heterocycles. The molecule has 1 aromatic carbocycles. The number of hydrogen-bond acceptors (Lipinski definition) is 3. The summed E-state index contributed by atoms with van der Waals surface area (Å²) in [5, 5.41) is 6.40. The van der Waals surface area contributed by atoms with Crippen LogP contribution in [0.4, 0.5) is 11.4 Å². The third-order valence-corrected chi connectivity index (χ3v) is 3.50. The van der Waals surface area contributed by atoms with Gasteiger partial charge in [-0.3, -0.25) is 4.79 Å². The third-order valence-electron chi connectivity index (χ3n) is 3.27. The van der Waals surface area contributed by atoms with Gasteiger partial charge in [-0.15, -0.1) is 0 Å². The molecule has 0 atom stereocenters. The largest absolute Gasteiger partial charge is 0.370 e. The molecule has 0 unspecified atom stereocenters. The molecule has 0 aromatic heterocycles. The summed E-state index contributed by atoms with van der Waals surface area (Å²) >= 11 is 6.03. The van der Waals surface area contributed by atoms with Crippen LogP contribution in [0, 0.1) is 0 Å². The molecule has 1 aliphatic rings. The molecule has 0 saturated carbocycles. The molecule has 0 aliphatic carbocycles. The van der Waals surface area contributed by atoms with Crippen molar-refractivity contribution in [3.05, 3.63) is 23.2 Å². The first-order chi connectivity index (χ1) is 9.20. The molecule has 2 rings (SSSR count). The second-order valence-electron chi connectivity index (χ2n) is 4.79. The molecular weight excluding hydrogens is 262 g/mol. The van der Waals surface area contributed by atoms with E-state index in [1.165, 1.54) is 19.3 Å². The lowest BCUT2D eigenvalue weighted by Crippen LogP contribution is -2.31. The average molecular weight is 282 g/mol. The molecule has 5 heteroatoms. The molecule has 1 aromatic rings. The predicted octanol–water partition coefficient (Wildman–Crippen LogP) is 2.49. The van der Waals surface area contributed by atoms with Crippen molar-refractivity contribution in [1.82, 2.24) is 5.32 Å². The lowest BCUT2D eigenvalue weighted by Gasteiger charge is -2.30. The molecular formula is C14H20ClN3O. The average Bonchev–Trinajstić information content (AvgIpc) is 2.40. The minimum Gasteiger partial charge on any atom is -0.370 e. The van der Waals surface area contributed by atoms with Gasteiger partial charge in [-0.25, -0.2) is 0 Å². The van der Waals surface area contributed by atoms with Gasteiger partial charge in [0, 0.05) is 18.1 Å². The topological polar surface area (TPSA) is 44.4 Å². The number of amides is 1. The number of benzene rings is 1. The first kappa shape index (κ1) is 14.2. The second kappa shape index (κ2) is 6.78. The molecule has 104 valence electrons. The number of carbonyl (C=O) groups excluding carboxylic acids is 1. The Kier molecular flexibility index (Phi) is 5.05. The number of likely N-dealkylation sites (N-methyl/N-ethyl adjacent to an activating group) is 1. The highest BCUT2D eigenvalue weighted by atomic mass is 35.5. The van der Waals surface area contributed by atoms with Crippen LogP contribution in [0.3, 0.4) is 0 Å². The molecule has 2 N–H and O–H groups in total. The van der Waals surface area contributed by atoms with E-state index in [9.17, 15) is 4.79 Å². The van der Waals surface area contributed by atoms with Crippen molar-refractivity contribution in [3.63, 3.8) is 0 Å². The first-order valence-electron chi connectivity index (χ1n) is 6.69. The molecule has 1 saturated heterocycles. The van der Waals surface area contributed by atoms with Crippen molar-refractivity contribution in [2.75, 3.05) is 36.9 Å². The summed E-state index contributed by atoms with van der Waals surface area (Å²) in [6, 6.07) is 5.68. The van der Waals surface area contributed by atoms with Crippen molar-refractivity contribution < 1.29 is 4.79 Å². The van der Waals surface area contributed by atoms with E-state index in [0.717, 1.165) is 24.5 Å². The van der Waals surface area contributed by atoms with Gasteiger partial charge in [0.1, 0.15) is 0 Å². The third kappa shape index (κ3) is 3.85. The Balaban J connectivity index is 2.19. The lowest BCUT2D eigenvalue weighted by molar-refractivity contribution is -0.115. The lowest BCUT2D eigenvalue weighted by atomic mass is 10.1. The van der Waals surface area contributed by atoms with E-state index >= 15 is 0 Å². The normalized spacial score (nSPS) is 15.4. The number of nitrogens with zero attached hydrogens (tertiary/aromatic N) is 1. The number of hydrogen-bond donors (Lipinski definition) is 2. The fourth-order valence-electron chi connectivity index (χ4n) is 2.37. The van der Waals surface area contributed by atoms with Gasteiger partial charge in [0.15, 0.2) is 0 Å². The van der Waals surface area contributed by atoms with Crippen molar-refractivity contribution in [3.8, 4) is 0 Å². The maximum atomic E-state index is 11.7. The Morgan fingerprint density at radius 2 is 2.05 bits per heavy atom. The highest BCUT2D eigenvalue weighted by Crippen LogP contribution is 2.31. The van der Waals surface area contributed by atoms with Gasteiger partial charge in [-0.1, -0.05) is 11.6 Å². The molecule has 1 fully saturated rings. The monoisotopic (exact) mass is 281 g/mol. The molecule has 0 spiro atoms. The Labute approximate surface area is 119 Å². The summed E-state index contributed by atoms with van der Waals surface area (Å²) in [6.45, 7) is 2.37. The van der Waals surface area contributed by atoms with E-state index in [1.807, 2.05) is 18.2 Å². The van der Waals surface area contributed by atoms with Gasteiger partial charge in [0.25, 0.3) is 0 Å². The summed E-state index contributed by atoms with van der Waals surface area (Å²) in [5.74, 6) is -0.0528. The quantitative estimate of drug-likeness (QED) is 0.891. The van der Waals surface area contributed by atoms with Crippen LogP contribution >= 0.6 is 11.6 Å². The zero-order valence-electron chi connectivity index (χ0n) is 11.2. The Morgan fingerprint density at radius 3 is 2.74 bits per heavy atom. The van der Waals surface area contributed by atoms with Gasteiger partial charge in [0.05, 0.1) is 17.9 Å². The van der Waals surface area contributed by atoms with Crippen LogP contribution < -0.4 is 15.5 Å². The Morgan fingerprint density at radius 1 is 1.32 bits per heavy atom. The van der Waals surface area contributed by atoms with Gasteiger partial charge in [-0.2, -0.15) is 0 Å². The maximum absolute atomic E-state index is 11.7. The Bertz CT molecular complexity index is 444. The van der Waals surface area contributed by atoms with Crippen LogP contribution in [-0.4, -0.2) is 32.6 Å². The van der Waals surface area contributed by atoms with E-state index in [-0.39, 0.29) is 5.91 Å². The number of piperidine rings is 1. The van der Waals surface area contributed by atoms with Crippen molar-refractivity contribution >= 4 is 28.9 Å².